The Morgan fingerprint density at radius 2 is 1.56 bits per heavy atom. The number of nitrogens with one attached hydrogen (secondary N) is 2. The summed E-state index contributed by atoms with van der Waals surface area (Å²) < 4.78 is 7.79. The Bertz CT molecular complexity index is 1820. The quantitative estimate of drug-likeness (QED) is 0.157. The summed E-state index contributed by atoms with van der Waals surface area (Å²) in [6.45, 7) is 11.4. The predicted molar refractivity (Wildman–Crippen MR) is 182 cm³/mol. The molecule has 0 aliphatic carbocycles. The molecule has 2 aromatic carbocycles. The van der Waals surface area contributed by atoms with Crippen LogP contribution in [0.3, 0.4) is 0 Å². The van der Waals surface area contributed by atoms with E-state index in [-0.39, 0.29) is 23.1 Å². The fourth-order valence-electron chi connectivity index (χ4n) is 5.56. The van der Waals surface area contributed by atoms with Gasteiger partial charge in [0, 0.05) is 41.8 Å². The molecule has 0 bridgehead atoms. The number of nitrogens with zero attached hydrogens (tertiary/aromatic N) is 3. The molecule has 0 spiro atoms. The number of para-hydroxylation sites is 1. The molecule has 2 amide bonds. The number of fused-ring (bicyclic) bond motifs is 1. The van der Waals surface area contributed by atoms with Crippen LogP contribution in [0.4, 0.5) is 16.2 Å². The van der Waals surface area contributed by atoms with Crippen molar-refractivity contribution in [1.29, 1.82) is 0 Å². The van der Waals surface area contributed by atoms with Crippen LogP contribution in [0.15, 0.2) is 90.1 Å². The van der Waals surface area contributed by atoms with Crippen molar-refractivity contribution in [2.45, 2.75) is 72.4 Å². The second kappa shape index (κ2) is 14.2. The number of carbonyl (C=O) groups excluding carboxylic acids is 1. The van der Waals surface area contributed by atoms with Crippen molar-refractivity contribution >= 4 is 28.4 Å². The van der Waals surface area contributed by atoms with Crippen molar-refractivity contribution in [1.82, 2.24) is 14.5 Å². The molecule has 0 fully saturated rings. The molecule has 232 valence electrons. The number of urea groups is 1. The highest BCUT2D eigenvalue weighted by molar-refractivity contribution is 6.07. The highest BCUT2D eigenvalue weighted by Crippen LogP contribution is 2.36. The lowest BCUT2D eigenvalue weighted by atomic mass is 9.93. The number of rotatable bonds is 11. The van der Waals surface area contributed by atoms with Crippen LogP contribution in [0.2, 0.25) is 0 Å². The van der Waals surface area contributed by atoms with E-state index in [1.165, 1.54) is 0 Å². The fourth-order valence-corrected chi connectivity index (χ4v) is 5.56. The molecule has 3 heterocycles. The molecular formula is C37H41N5O3. The third kappa shape index (κ3) is 7.06. The number of aryl methyl sites for hydroxylation is 1. The third-order valence-corrected chi connectivity index (χ3v) is 7.88. The van der Waals surface area contributed by atoms with E-state index in [2.05, 4.69) is 55.2 Å². The Hall–Kier alpha value is -4.98. The maximum Gasteiger partial charge on any atom is 0.323 e. The standard InChI is InChI=1S/C37H41N5O3/c1-6-7-21-42-35-31(15-10-18-39-35)32(27-11-8-12-28(22-27)45-23-26-16-19-38-20-17-26)34(36(42)43)41-37(44)40-33-29(24(2)3)13-9-14-30(33)25(4)5/h8-20,22,24-25H,6-7,21,23H2,1-5H3,(H2,40,41,44). The zero-order valence-corrected chi connectivity index (χ0v) is 26.6. The number of unbranched alkanes of at least 4 members (excludes halogenated alkanes) is 1. The van der Waals surface area contributed by atoms with Gasteiger partial charge in [-0.25, -0.2) is 9.78 Å². The number of hydrogen-bond acceptors (Lipinski definition) is 5. The Labute approximate surface area is 264 Å². The topological polar surface area (TPSA) is 98.1 Å². The second-order valence-electron chi connectivity index (χ2n) is 11.8. The van der Waals surface area contributed by atoms with E-state index in [4.69, 9.17) is 4.74 Å². The Balaban J connectivity index is 1.61. The predicted octanol–water partition coefficient (Wildman–Crippen LogP) is 8.73. The maximum atomic E-state index is 14.3. The number of benzene rings is 2. The maximum absolute atomic E-state index is 14.3. The molecule has 0 radical (unpaired) electrons. The van der Waals surface area contributed by atoms with E-state index in [0.29, 0.717) is 30.1 Å². The van der Waals surface area contributed by atoms with Gasteiger partial charge in [-0.2, -0.15) is 0 Å². The molecule has 5 aromatic rings. The van der Waals surface area contributed by atoms with Gasteiger partial charge in [0.25, 0.3) is 5.56 Å². The molecule has 8 nitrogen and oxygen atoms in total. The smallest absolute Gasteiger partial charge is 0.323 e. The summed E-state index contributed by atoms with van der Waals surface area (Å²) >= 11 is 0. The summed E-state index contributed by atoms with van der Waals surface area (Å²) in [5.41, 5.74) is 5.66. The summed E-state index contributed by atoms with van der Waals surface area (Å²) in [7, 11) is 0. The van der Waals surface area contributed by atoms with Crippen molar-refractivity contribution in [3.05, 3.63) is 112 Å². The van der Waals surface area contributed by atoms with Crippen LogP contribution in [-0.4, -0.2) is 20.6 Å². The van der Waals surface area contributed by atoms with Gasteiger partial charge in [-0.3, -0.25) is 14.3 Å². The van der Waals surface area contributed by atoms with Gasteiger partial charge in [-0.15, -0.1) is 0 Å². The van der Waals surface area contributed by atoms with Crippen LogP contribution < -0.4 is 20.9 Å². The van der Waals surface area contributed by atoms with Crippen LogP contribution in [0.5, 0.6) is 5.75 Å². The number of anilines is 2. The van der Waals surface area contributed by atoms with Crippen molar-refractivity contribution in [3.63, 3.8) is 0 Å². The molecule has 45 heavy (non-hydrogen) atoms. The molecule has 0 saturated heterocycles. The van der Waals surface area contributed by atoms with Gasteiger partial charge < -0.3 is 15.4 Å². The van der Waals surface area contributed by atoms with Crippen molar-refractivity contribution in [3.8, 4) is 16.9 Å². The van der Waals surface area contributed by atoms with Gasteiger partial charge in [0.1, 0.15) is 23.7 Å². The van der Waals surface area contributed by atoms with Gasteiger partial charge in [-0.05, 0) is 76.9 Å². The summed E-state index contributed by atoms with van der Waals surface area (Å²) in [6.07, 6.45) is 6.86. The lowest BCUT2D eigenvalue weighted by Crippen LogP contribution is -2.30. The Morgan fingerprint density at radius 3 is 2.24 bits per heavy atom. The van der Waals surface area contributed by atoms with E-state index in [9.17, 15) is 9.59 Å². The summed E-state index contributed by atoms with van der Waals surface area (Å²) in [4.78, 5) is 36.8. The van der Waals surface area contributed by atoms with Gasteiger partial charge >= 0.3 is 6.03 Å². The first-order valence-electron chi connectivity index (χ1n) is 15.6. The summed E-state index contributed by atoms with van der Waals surface area (Å²) in [5.74, 6) is 1.03. The first kappa shape index (κ1) is 31.4. The normalized spacial score (nSPS) is 11.3. The Kier molecular flexibility index (Phi) is 9.92. The molecular weight excluding hydrogens is 562 g/mol. The average molecular weight is 604 g/mol. The third-order valence-electron chi connectivity index (χ3n) is 7.88. The van der Waals surface area contributed by atoms with Crippen molar-refractivity contribution in [2.75, 3.05) is 10.6 Å². The van der Waals surface area contributed by atoms with Gasteiger partial charge in [-0.1, -0.05) is 71.4 Å². The minimum Gasteiger partial charge on any atom is -0.489 e. The highest BCUT2D eigenvalue weighted by Gasteiger charge is 2.23. The molecule has 2 N–H and O–H groups in total. The monoisotopic (exact) mass is 603 g/mol. The number of ether oxygens (including phenoxy) is 1. The SMILES string of the molecule is CCCCn1c(=O)c(NC(=O)Nc2c(C(C)C)cccc2C(C)C)c(-c2cccc(OCc3ccncc3)c2)c2cccnc21. The van der Waals surface area contributed by atoms with Gasteiger partial charge in [0.2, 0.25) is 0 Å². The fraction of sp³-hybridized carbons (Fsp3) is 0.297. The number of amides is 2. The second-order valence-corrected chi connectivity index (χ2v) is 11.8. The molecule has 0 aliphatic rings. The Morgan fingerprint density at radius 1 is 0.867 bits per heavy atom. The van der Waals surface area contributed by atoms with Crippen LogP contribution in [0.25, 0.3) is 22.2 Å². The first-order valence-corrected chi connectivity index (χ1v) is 15.6. The minimum absolute atomic E-state index is 0.197. The van der Waals surface area contributed by atoms with Crippen LogP contribution in [0, 0.1) is 0 Å². The summed E-state index contributed by atoms with van der Waals surface area (Å²) in [5, 5.41) is 6.86. The van der Waals surface area contributed by atoms with E-state index >= 15 is 0 Å². The van der Waals surface area contributed by atoms with Gasteiger partial charge in [0.15, 0.2) is 0 Å². The van der Waals surface area contributed by atoms with Crippen LogP contribution in [0.1, 0.15) is 76.0 Å². The van der Waals surface area contributed by atoms with Crippen LogP contribution >= 0.6 is 0 Å². The zero-order valence-electron chi connectivity index (χ0n) is 26.6. The summed E-state index contributed by atoms with van der Waals surface area (Å²) in [6, 6.07) is 20.8. The first-order chi connectivity index (χ1) is 21.8. The highest BCUT2D eigenvalue weighted by atomic mass is 16.5. The van der Waals surface area contributed by atoms with Crippen molar-refractivity contribution in [2.24, 2.45) is 0 Å². The van der Waals surface area contributed by atoms with Crippen LogP contribution in [-0.2, 0) is 13.2 Å². The molecule has 0 unspecified atom stereocenters. The van der Waals surface area contributed by atoms with E-state index in [0.717, 1.165) is 46.2 Å². The largest absolute Gasteiger partial charge is 0.489 e. The van der Waals surface area contributed by atoms with E-state index < -0.39 is 6.03 Å². The zero-order chi connectivity index (χ0) is 31.9. The van der Waals surface area contributed by atoms with E-state index in [1.807, 2.05) is 66.7 Å². The van der Waals surface area contributed by atoms with Gasteiger partial charge in [0.05, 0.1) is 0 Å². The number of aromatic nitrogens is 3. The average Bonchev–Trinajstić information content (AvgIpc) is 3.04. The van der Waals surface area contributed by atoms with Crippen molar-refractivity contribution < 1.29 is 9.53 Å². The minimum atomic E-state index is -0.473. The number of carbonyl (C=O) groups is 1. The number of pyridine rings is 3. The molecule has 0 atom stereocenters. The van der Waals surface area contributed by atoms with E-state index in [1.54, 1.807) is 23.2 Å². The lowest BCUT2D eigenvalue weighted by molar-refractivity contribution is 0.262. The molecule has 3 aromatic heterocycles. The number of hydrogen-bond donors (Lipinski definition) is 2. The molecule has 8 heteroatoms. The molecule has 5 rings (SSSR count). The molecule has 0 aliphatic heterocycles. The lowest BCUT2D eigenvalue weighted by Gasteiger charge is -2.22. The molecule has 0 saturated carbocycles.